The van der Waals surface area contributed by atoms with E-state index in [0.717, 1.165) is 0 Å². The maximum atomic E-state index is 11.8. The third-order valence-electron chi connectivity index (χ3n) is 2.22. The Bertz CT molecular complexity index is 544. The van der Waals surface area contributed by atoms with Crippen LogP contribution < -0.4 is 10.5 Å². The maximum absolute atomic E-state index is 11.8. The van der Waals surface area contributed by atoms with Gasteiger partial charge in [0.25, 0.3) is 0 Å². The Balaban J connectivity index is 3.01. The van der Waals surface area contributed by atoms with Crippen molar-refractivity contribution in [1.82, 2.24) is 4.72 Å². The van der Waals surface area contributed by atoms with Crippen LogP contribution in [0, 0.1) is 18.3 Å². The van der Waals surface area contributed by atoms with Crippen molar-refractivity contribution in [1.29, 1.82) is 5.26 Å². The van der Waals surface area contributed by atoms with Gasteiger partial charge < -0.3 is 5.73 Å². The smallest absolute Gasteiger partial charge is 0.240 e. The molecular formula is C11H15N3O2S. The van der Waals surface area contributed by atoms with Gasteiger partial charge in [-0.25, -0.2) is 13.1 Å². The van der Waals surface area contributed by atoms with Gasteiger partial charge in [0.1, 0.15) is 0 Å². The molecule has 1 atom stereocenters. The Labute approximate surface area is 101 Å². The molecule has 0 saturated heterocycles. The van der Waals surface area contributed by atoms with Gasteiger partial charge in [0.15, 0.2) is 0 Å². The average molecular weight is 253 g/mol. The molecule has 0 aliphatic carbocycles. The number of nitrogens with two attached hydrogens (primary N) is 1. The lowest BCUT2D eigenvalue weighted by Gasteiger charge is -2.09. The van der Waals surface area contributed by atoms with Crippen LogP contribution in [0.15, 0.2) is 23.1 Å². The Morgan fingerprint density at radius 1 is 1.53 bits per heavy atom. The zero-order chi connectivity index (χ0) is 13.1. The van der Waals surface area contributed by atoms with Gasteiger partial charge in [-0.15, -0.1) is 0 Å². The van der Waals surface area contributed by atoms with Crippen molar-refractivity contribution < 1.29 is 8.42 Å². The van der Waals surface area contributed by atoms with Crippen molar-refractivity contribution in [2.75, 3.05) is 6.54 Å². The molecule has 1 aromatic carbocycles. The first-order valence-corrected chi connectivity index (χ1v) is 6.61. The Hall–Kier alpha value is -1.42. The maximum Gasteiger partial charge on any atom is 0.240 e. The average Bonchev–Trinajstić information content (AvgIpc) is 2.26. The highest BCUT2D eigenvalue weighted by molar-refractivity contribution is 7.89. The molecule has 0 amide bonds. The van der Waals surface area contributed by atoms with Crippen LogP contribution in [0.5, 0.6) is 0 Å². The highest BCUT2D eigenvalue weighted by Gasteiger charge is 2.15. The third kappa shape index (κ3) is 3.53. The first-order valence-electron chi connectivity index (χ1n) is 5.13. The molecule has 92 valence electrons. The Kier molecular flexibility index (Phi) is 4.23. The zero-order valence-electron chi connectivity index (χ0n) is 9.77. The van der Waals surface area contributed by atoms with Gasteiger partial charge >= 0.3 is 0 Å². The number of aryl methyl sites for hydroxylation is 1. The van der Waals surface area contributed by atoms with Crippen molar-refractivity contribution in [3.8, 4) is 6.07 Å². The van der Waals surface area contributed by atoms with Crippen LogP contribution in [0.25, 0.3) is 0 Å². The van der Waals surface area contributed by atoms with Crippen molar-refractivity contribution in [2.24, 2.45) is 5.73 Å². The second-order valence-electron chi connectivity index (χ2n) is 3.92. The number of rotatable bonds is 4. The van der Waals surface area contributed by atoms with Crippen molar-refractivity contribution in [2.45, 2.75) is 24.8 Å². The van der Waals surface area contributed by atoms with Gasteiger partial charge in [0.2, 0.25) is 10.0 Å². The van der Waals surface area contributed by atoms with Crippen LogP contribution in [-0.2, 0) is 10.0 Å². The van der Waals surface area contributed by atoms with Crippen LogP contribution in [0.3, 0.4) is 0 Å². The fourth-order valence-corrected chi connectivity index (χ4v) is 2.48. The number of sulfonamides is 1. The summed E-state index contributed by atoms with van der Waals surface area (Å²) >= 11 is 0. The predicted molar refractivity (Wildman–Crippen MR) is 64.7 cm³/mol. The lowest BCUT2D eigenvalue weighted by atomic mass is 10.1. The molecular weight excluding hydrogens is 238 g/mol. The fraction of sp³-hybridized carbons (Fsp3) is 0.364. The van der Waals surface area contributed by atoms with Crippen molar-refractivity contribution in [3.63, 3.8) is 0 Å². The van der Waals surface area contributed by atoms with Gasteiger partial charge in [-0.05, 0) is 37.6 Å². The van der Waals surface area contributed by atoms with Crippen LogP contribution in [0.1, 0.15) is 18.1 Å². The van der Waals surface area contributed by atoms with E-state index in [2.05, 4.69) is 4.72 Å². The van der Waals surface area contributed by atoms with Crippen LogP contribution >= 0.6 is 0 Å². The van der Waals surface area contributed by atoms with Gasteiger partial charge in [-0.2, -0.15) is 5.26 Å². The van der Waals surface area contributed by atoms with Gasteiger partial charge in [0.05, 0.1) is 16.5 Å². The Morgan fingerprint density at radius 2 is 2.18 bits per heavy atom. The lowest BCUT2D eigenvalue weighted by molar-refractivity contribution is 0.574. The molecule has 1 unspecified atom stereocenters. The van der Waals surface area contributed by atoms with E-state index in [1.807, 2.05) is 6.07 Å². The van der Waals surface area contributed by atoms with Gasteiger partial charge in [-0.3, -0.25) is 0 Å². The molecule has 0 aliphatic rings. The molecule has 5 nitrogen and oxygen atoms in total. The van der Waals surface area contributed by atoms with E-state index >= 15 is 0 Å². The molecule has 1 aromatic rings. The summed E-state index contributed by atoms with van der Waals surface area (Å²) in [5.74, 6) is 0. The van der Waals surface area contributed by atoms with Crippen LogP contribution in [0.4, 0.5) is 0 Å². The molecule has 1 rings (SSSR count). The summed E-state index contributed by atoms with van der Waals surface area (Å²) in [6, 6.07) is 6.12. The number of nitrogens with one attached hydrogen (secondary N) is 1. The third-order valence-corrected chi connectivity index (χ3v) is 3.65. The molecule has 0 radical (unpaired) electrons. The van der Waals surface area contributed by atoms with Crippen LogP contribution in [0.2, 0.25) is 0 Å². The summed E-state index contributed by atoms with van der Waals surface area (Å²) in [5, 5.41) is 8.76. The number of hydrogen-bond donors (Lipinski definition) is 2. The van der Waals surface area contributed by atoms with E-state index in [1.54, 1.807) is 13.8 Å². The van der Waals surface area contributed by atoms with Crippen molar-refractivity contribution >= 4 is 10.0 Å². The summed E-state index contributed by atoms with van der Waals surface area (Å²) in [7, 11) is -3.54. The molecule has 0 aliphatic heterocycles. The standard InChI is InChI=1S/C11H15N3O2S/c1-8-5-11(4-3-10(8)6-12)17(15,16)14-7-9(2)13/h3-5,9,14H,7,13H2,1-2H3. The molecule has 0 saturated carbocycles. The number of hydrogen-bond acceptors (Lipinski definition) is 4. The molecule has 0 bridgehead atoms. The summed E-state index contributed by atoms with van der Waals surface area (Å²) in [4.78, 5) is 0.148. The summed E-state index contributed by atoms with van der Waals surface area (Å²) in [5.41, 5.74) is 6.59. The molecule has 0 heterocycles. The SMILES string of the molecule is Cc1cc(S(=O)(=O)NCC(C)N)ccc1C#N. The second kappa shape index (κ2) is 5.27. The highest BCUT2D eigenvalue weighted by atomic mass is 32.2. The predicted octanol–water partition coefficient (Wildman–Crippen LogP) is 0.492. The highest BCUT2D eigenvalue weighted by Crippen LogP contribution is 2.14. The largest absolute Gasteiger partial charge is 0.327 e. The summed E-state index contributed by atoms with van der Waals surface area (Å²) in [6.45, 7) is 3.59. The lowest BCUT2D eigenvalue weighted by Crippen LogP contribution is -2.35. The van der Waals surface area contributed by atoms with E-state index in [-0.39, 0.29) is 17.5 Å². The molecule has 0 fully saturated rings. The first kappa shape index (κ1) is 13.6. The van der Waals surface area contributed by atoms with E-state index in [4.69, 9.17) is 11.0 Å². The normalized spacial score (nSPS) is 13.1. The zero-order valence-corrected chi connectivity index (χ0v) is 10.6. The fourth-order valence-electron chi connectivity index (χ4n) is 1.25. The van der Waals surface area contributed by atoms with E-state index in [1.165, 1.54) is 18.2 Å². The van der Waals surface area contributed by atoms with E-state index in [0.29, 0.717) is 11.1 Å². The molecule has 6 heteroatoms. The van der Waals surface area contributed by atoms with Crippen molar-refractivity contribution in [3.05, 3.63) is 29.3 Å². The monoisotopic (exact) mass is 253 g/mol. The van der Waals surface area contributed by atoms with E-state index < -0.39 is 10.0 Å². The minimum atomic E-state index is -3.54. The minimum absolute atomic E-state index is 0.148. The molecule has 0 aromatic heterocycles. The second-order valence-corrected chi connectivity index (χ2v) is 5.68. The van der Waals surface area contributed by atoms with Gasteiger partial charge in [-0.1, -0.05) is 0 Å². The first-order chi connectivity index (χ1) is 7.86. The number of nitriles is 1. The van der Waals surface area contributed by atoms with Crippen LogP contribution in [-0.4, -0.2) is 21.0 Å². The summed E-state index contributed by atoms with van der Waals surface area (Å²) in [6.07, 6.45) is 0. The van der Waals surface area contributed by atoms with Gasteiger partial charge in [0, 0.05) is 12.6 Å². The molecule has 3 N–H and O–H groups in total. The molecule has 0 spiro atoms. The Morgan fingerprint density at radius 3 is 2.65 bits per heavy atom. The minimum Gasteiger partial charge on any atom is -0.327 e. The molecule has 17 heavy (non-hydrogen) atoms. The quantitative estimate of drug-likeness (QED) is 0.816. The number of nitrogens with zero attached hydrogens (tertiary/aromatic N) is 1. The number of benzene rings is 1. The van der Waals surface area contributed by atoms with E-state index in [9.17, 15) is 8.42 Å². The summed E-state index contributed by atoms with van der Waals surface area (Å²) < 4.78 is 26.1. The topological polar surface area (TPSA) is 96.0 Å².